The average Bonchev–Trinajstić information content (AvgIpc) is 2.80. The summed E-state index contributed by atoms with van der Waals surface area (Å²) in [5.41, 5.74) is -0.0694. The molecular weight excluding hydrogens is 250 g/mol. The van der Waals surface area contributed by atoms with Crippen LogP contribution in [0.5, 0.6) is 0 Å². The van der Waals surface area contributed by atoms with Crippen molar-refractivity contribution in [3.05, 3.63) is 17.8 Å². The second-order valence-corrected chi connectivity index (χ2v) is 4.56. The van der Waals surface area contributed by atoms with Crippen molar-refractivity contribution in [1.29, 1.82) is 0 Å². The molecule has 0 bridgehead atoms. The molecule has 2 fully saturated rings. The van der Waals surface area contributed by atoms with Crippen LogP contribution in [0.1, 0.15) is 10.5 Å². The minimum Gasteiger partial charge on any atom is -0.476 e. The standard InChI is InChI=1S/C11H13N5O3/c17-10(18)8-1-2-9(14-13-8)15-3-4-16-7(6-15)5-12-11(16)19/h1-2,7H,3-6H2,(H,12,19)(H,17,18). The third-order valence-corrected chi connectivity index (χ3v) is 3.43. The molecule has 0 saturated carbocycles. The molecule has 2 aliphatic rings. The summed E-state index contributed by atoms with van der Waals surface area (Å²) in [4.78, 5) is 26.0. The molecule has 100 valence electrons. The summed E-state index contributed by atoms with van der Waals surface area (Å²) < 4.78 is 0. The van der Waals surface area contributed by atoms with Crippen LogP contribution in [-0.2, 0) is 0 Å². The summed E-state index contributed by atoms with van der Waals surface area (Å²) in [5, 5.41) is 19.2. The van der Waals surface area contributed by atoms with Gasteiger partial charge in [-0.05, 0) is 12.1 Å². The van der Waals surface area contributed by atoms with Crippen LogP contribution in [0.4, 0.5) is 10.6 Å². The molecule has 0 aliphatic carbocycles. The zero-order chi connectivity index (χ0) is 13.4. The Hall–Kier alpha value is -2.38. The van der Waals surface area contributed by atoms with Gasteiger partial charge in [-0.1, -0.05) is 0 Å². The number of nitrogens with zero attached hydrogens (tertiary/aromatic N) is 4. The molecule has 3 heterocycles. The van der Waals surface area contributed by atoms with E-state index >= 15 is 0 Å². The lowest BCUT2D eigenvalue weighted by Gasteiger charge is -2.36. The zero-order valence-electron chi connectivity index (χ0n) is 10.1. The Morgan fingerprint density at radius 3 is 2.89 bits per heavy atom. The summed E-state index contributed by atoms with van der Waals surface area (Å²) in [5.74, 6) is -0.446. The van der Waals surface area contributed by atoms with E-state index in [0.717, 1.165) is 0 Å². The summed E-state index contributed by atoms with van der Waals surface area (Å²) in [7, 11) is 0. The van der Waals surface area contributed by atoms with Gasteiger partial charge >= 0.3 is 12.0 Å². The second kappa shape index (κ2) is 4.38. The number of hydrogen-bond donors (Lipinski definition) is 2. The van der Waals surface area contributed by atoms with Crippen LogP contribution in [0.15, 0.2) is 12.1 Å². The Labute approximate surface area is 109 Å². The van der Waals surface area contributed by atoms with Crippen molar-refractivity contribution in [3.63, 3.8) is 0 Å². The van der Waals surface area contributed by atoms with E-state index in [4.69, 9.17) is 5.11 Å². The fourth-order valence-corrected chi connectivity index (χ4v) is 2.42. The lowest BCUT2D eigenvalue weighted by molar-refractivity contribution is 0.0689. The number of nitrogens with one attached hydrogen (secondary N) is 1. The predicted molar refractivity (Wildman–Crippen MR) is 65.1 cm³/mol. The van der Waals surface area contributed by atoms with Gasteiger partial charge in [0.25, 0.3) is 0 Å². The molecule has 1 aromatic heterocycles. The van der Waals surface area contributed by atoms with Crippen LogP contribution < -0.4 is 10.2 Å². The molecule has 1 atom stereocenters. The first-order valence-corrected chi connectivity index (χ1v) is 6.01. The van der Waals surface area contributed by atoms with Gasteiger partial charge < -0.3 is 20.2 Å². The molecular formula is C11H13N5O3. The molecule has 8 heteroatoms. The number of fused-ring (bicyclic) bond motifs is 1. The van der Waals surface area contributed by atoms with Crippen molar-refractivity contribution in [3.8, 4) is 0 Å². The van der Waals surface area contributed by atoms with E-state index in [-0.39, 0.29) is 17.8 Å². The highest BCUT2D eigenvalue weighted by Crippen LogP contribution is 2.18. The maximum absolute atomic E-state index is 11.5. The Kier molecular flexibility index (Phi) is 2.69. The smallest absolute Gasteiger partial charge is 0.356 e. The number of aromatic carboxylic acids is 1. The Morgan fingerprint density at radius 2 is 2.21 bits per heavy atom. The number of carbonyl (C=O) groups excluding carboxylic acids is 1. The molecule has 19 heavy (non-hydrogen) atoms. The quantitative estimate of drug-likeness (QED) is 0.738. The molecule has 0 aromatic carbocycles. The lowest BCUT2D eigenvalue weighted by Crippen LogP contribution is -2.52. The van der Waals surface area contributed by atoms with Crippen LogP contribution in [0.25, 0.3) is 0 Å². The first-order chi connectivity index (χ1) is 9.15. The zero-order valence-corrected chi connectivity index (χ0v) is 10.1. The SMILES string of the molecule is O=C(O)c1ccc(N2CCN3C(=O)NCC3C2)nn1. The van der Waals surface area contributed by atoms with Crippen LogP contribution in [0.3, 0.4) is 0 Å². The Balaban J connectivity index is 1.73. The van der Waals surface area contributed by atoms with Gasteiger partial charge in [0.05, 0.1) is 6.04 Å². The minimum absolute atomic E-state index is 0.0167. The van der Waals surface area contributed by atoms with E-state index in [1.165, 1.54) is 6.07 Å². The first-order valence-electron chi connectivity index (χ1n) is 6.01. The second-order valence-electron chi connectivity index (χ2n) is 4.56. The number of urea groups is 1. The van der Waals surface area contributed by atoms with Crippen LogP contribution >= 0.6 is 0 Å². The molecule has 2 saturated heterocycles. The number of piperazine rings is 1. The van der Waals surface area contributed by atoms with Gasteiger partial charge in [-0.25, -0.2) is 9.59 Å². The van der Waals surface area contributed by atoms with E-state index in [9.17, 15) is 9.59 Å². The number of aromatic nitrogens is 2. The lowest BCUT2D eigenvalue weighted by atomic mass is 10.2. The molecule has 1 aromatic rings. The van der Waals surface area contributed by atoms with Crippen molar-refractivity contribution in [2.75, 3.05) is 31.1 Å². The van der Waals surface area contributed by atoms with Crippen molar-refractivity contribution >= 4 is 17.8 Å². The van der Waals surface area contributed by atoms with E-state index < -0.39 is 5.97 Å². The van der Waals surface area contributed by atoms with E-state index in [0.29, 0.717) is 32.0 Å². The molecule has 2 N–H and O–H groups in total. The fraction of sp³-hybridized carbons (Fsp3) is 0.455. The number of carbonyl (C=O) groups is 2. The molecule has 1 unspecified atom stereocenters. The van der Waals surface area contributed by atoms with Crippen molar-refractivity contribution < 1.29 is 14.7 Å². The maximum atomic E-state index is 11.5. The molecule has 0 radical (unpaired) electrons. The van der Waals surface area contributed by atoms with Gasteiger partial charge in [0.1, 0.15) is 0 Å². The average molecular weight is 263 g/mol. The van der Waals surface area contributed by atoms with E-state index in [1.807, 2.05) is 9.80 Å². The van der Waals surface area contributed by atoms with Crippen LogP contribution in [0.2, 0.25) is 0 Å². The summed E-state index contributed by atoms with van der Waals surface area (Å²) >= 11 is 0. The minimum atomic E-state index is -1.09. The van der Waals surface area contributed by atoms with Crippen LogP contribution in [-0.4, -0.2) is 64.4 Å². The third-order valence-electron chi connectivity index (χ3n) is 3.43. The van der Waals surface area contributed by atoms with Gasteiger partial charge in [-0.3, -0.25) is 0 Å². The van der Waals surface area contributed by atoms with Crippen molar-refractivity contribution in [1.82, 2.24) is 20.4 Å². The van der Waals surface area contributed by atoms with E-state index in [2.05, 4.69) is 15.5 Å². The molecule has 8 nitrogen and oxygen atoms in total. The monoisotopic (exact) mass is 263 g/mol. The third kappa shape index (κ3) is 2.05. The Morgan fingerprint density at radius 1 is 1.37 bits per heavy atom. The molecule has 2 aliphatic heterocycles. The van der Waals surface area contributed by atoms with Gasteiger partial charge in [0.15, 0.2) is 11.5 Å². The molecule has 2 amide bonds. The van der Waals surface area contributed by atoms with Gasteiger partial charge in [0, 0.05) is 26.2 Å². The normalized spacial score (nSPS) is 22.1. The van der Waals surface area contributed by atoms with Gasteiger partial charge in [0.2, 0.25) is 0 Å². The number of anilines is 1. The van der Waals surface area contributed by atoms with Crippen LogP contribution in [0, 0.1) is 0 Å². The first kappa shape index (κ1) is 11.7. The number of carboxylic acids is 1. The molecule has 3 rings (SSSR count). The van der Waals surface area contributed by atoms with Crippen molar-refractivity contribution in [2.24, 2.45) is 0 Å². The number of carboxylic acid groups (broad SMARTS) is 1. The highest BCUT2D eigenvalue weighted by atomic mass is 16.4. The Bertz CT molecular complexity index is 518. The highest BCUT2D eigenvalue weighted by Gasteiger charge is 2.35. The number of amides is 2. The summed E-state index contributed by atoms with van der Waals surface area (Å²) in [6.45, 7) is 2.62. The fourth-order valence-electron chi connectivity index (χ4n) is 2.42. The maximum Gasteiger partial charge on any atom is 0.356 e. The number of hydrogen-bond acceptors (Lipinski definition) is 5. The van der Waals surface area contributed by atoms with E-state index in [1.54, 1.807) is 6.07 Å². The van der Waals surface area contributed by atoms with Gasteiger partial charge in [-0.2, -0.15) is 0 Å². The predicted octanol–water partition coefficient (Wildman–Crippen LogP) is -0.611. The summed E-state index contributed by atoms with van der Waals surface area (Å²) in [6, 6.07) is 3.21. The topological polar surface area (TPSA) is 98.7 Å². The largest absolute Gasteiger partial charge is 0.476 e. The van der Waals surface area contributed by atoms with Crippen molar-refractivity contribution in [2.45, 2.75) is 6.04 Å². The summed E-state index contributed by atoms with van der Waals surface area (Å²) in [6.07, 6.45) is 0. The van der Waals surface area contributed by atoms with Gasteiger partial charge in [-0.15, -0.1) is 10.2 Å². The number of rotatable bonds is 2. The molecule has 0 spiro atoms. The highest BCUT2D eigenvalue weighted by molar-refractivity contribution is 5.85.